The molecule has 18 heavy (non-hydrogen) atoms. The van der Waals surface area contributed by atoms with E-state index in [1.165, 1.54) is 12.3 Å². The van der Waals surface area contributed by atoms with Crippen LogP contribution in [0.2, 0.25) is 5.02 Å². The molecule has 0 spiro atoms. The monoisotopic (exact) mass is 264 g/mol. The number of rotatable bonds is 4. The summed E-state index contributed by atoms with van der Waals surface area (Å²) in [6.07, 6.45) is 1.23. The van der Waals surface area contributed by atoms with Gasteiger partial charge in [-0.05, 0) is 36.8 Å². The number of nitrogens with one attached hydrogen (secondary N) is 1. The molecule has 4 heteroatoms. The number of pyridine rings is 1. The Labute approximate surface area is 111 Å². The summed E-state index contributed by atoms with van der Waals surface area (Å²) < 4.78 is 12.7. The average Bonchev–Trinajstić information content (AvgIpc) is 2.37. The SMILES string of the molecule is CC(NCc1cccc(Cl)c1)c1ccc(F)cn1. The molecule has 0 aliphatic carbocycles. The molecular formula is C14H14ClFN2. The second-order valence-electron chi connectivity index (χ2n) is 4.13. The molecule has 1 N–H and O–H groups in total. The molecule has 1 aromatic carbocycles. The molecule has 0 saturated heterocycles. The molecule has 94 valence electrons. The van der Waals surface area contributed by atoms with E-state index >= 15 is 0 Å². The predicted molar refractivity (Wildman–Crippen MR) is 70.9 cm³/mol. The first-order valence-corrected chi connectivity index (χ1v) is 6.12. The van der Waals surface area contributed by atoms with Crippen molar-refractivity contribution in [3.63, 3.8) is 0 Å². The maximum atomic E-state index is 12.7. The molecule has 0 amide bonds. The predicted octanol–water partition coefficient (Wildman–Crippen LogP) is 3.72. The molecule has 2 rings (SSSR count). The van der Waals surface area contributed by atoms with Crippen LogP contribution in [0.4, 0.5) is 4.39 Å². The van der Waals surface area contributed by atoms with Crippen LogP contribution in [0.5, 0.6) is 0 Å². The Balaban J connectivity index is 1.96. The Hall–Kier alpha value is -1.45. The van der Waals surface area contributed by atoms with Gasteiger partial charge in [-0.1, -0.05) is 23.7 Å². The molecule has 1 unspecified atom stereocenters. The third kappa shape index (κ3) is 3.52. The van der Waals surface area contributed by atoms with Crippen LogP contribution in [0, 0.1) is 5.82 Å². The molecule has 0 saturated carbocycles. The zero-order chi connectivity index (χ0) is 13.0. The Morgan fingerprint density at radius 2 is 2.17 bits per heavy atom. The first kappa shape index (κ1) is 13.0. The van der Waals surface area contributed by atoms with Gasteiger partial charge in [0.1, 0.15) is 5.82 Å². The lowest BCUT2D eigenvalue weighted by molar-refractivity contribution is 0.554. The van der Waals surface area contributed by atoms with Crippen LogP contribution in [0.25, 0.3) is 0 Å². The van der Waals surface area contributed by atoms with E-state index < -0.39 is 0 Å². The minimum Gasteiger partial charge on any atom is -0.305 e. The first-order chi connectivity index (χ1) is 8.65. The second kappa shape index (κ2) is 5.94. The summed E-state index contributed by atoms with van der Waals surface area (Å²) in [4.78, 5) is 4.04. The van der Waals surface area contributed by atoms with Crippen LogP contribution in [-0.4, -0.2) is 4.98 Å². The van der Waals surface area contributed by atoms with Crippen molar-refractivity contribution in [2.45, 2.75) is 19.5 Å². The molecule has 0 fully saturated rings. The number of nitrogens with zero attached hydrogens (tertiary/aromatic N) is 1. The zero-order valence-electron chi connectivity index (χ0n) is 10.0. The van der Waals surface area contributed by atoms with E-state index in [9.17, 15) is 4.39 Å². The number of halogens is 2. The highest BCUT2D eigenvalue weighted by Crippen LogP contribution is 2.13. The van der Waals surface area contributed by atoms with Crippen molar-refractivity contribution in [2.75, 3.05) is 0 Å². The van der Waals surface area contributed by atoms with E-state index in [-0.39, 0.29) is 11.9 Å². The molecule has 2 aromatic rings. The Bertz CT molecular complexity index is 513. The van der Waals surface area contributed by atoms with E-state index in [2.05, 4.69) is 10.3 Å². The third-order valence-electron chi connectivity index (χ3n) is 2.70. The van der Waals surface area contributed by atoms with E-state index in [4.69, 9.17) is 11.6 Å². The van der Waals surface area contributed by atoms with Gasteiger partial charge in [0.25, 0.3) is 0 Å². The molecule has 0 aliphatic rings. The van der Waals surface area contributed by atoms with Crippen LogP contribution in [0.1, 0.15) is 24.2 Å². The van der Waals surface area contributed by atoms with Gasteiger partial charge in [0.2, 0.25) is 0 Å². The van der Waals surface area contributed by atoms with Gasteiger partial charge >= 0.3 is 0 Å². The lowest BCUT2D eigenvalue weighted by Crippen LogP contribution is -2.19. The molecule has 1 aromatic heterocycles. The van der Waals surface area contributed by atoms with Gasteiger partial charge in [0, 0.05) is 17.6 Å². The highest BCUT2D eigenvalue weighted by Gasteiger charge is 2.06. The Morgan fingerprint density at radius 1 is 1.33 bits per heavy atom. The van der Waals surface area contributed by atoms with E-state index in [1.54, 1.807) is 6.07 Å². The summed E-state index contributed by atoms with van der Waals surface area (Å²) in [6.45, 7) is 2.69. The molecule has 1 heterocycles. The number of hydrogen-bond donors (Lipinski definition) is 1. The van der Waals surface area contributed by atoms with Gasteiger partial charge in [0.05, 0.1) is 11.9 Å². The Morgan fingerprint density at radius 3 is 2.83 bits per heavy atom. The lowest BCUT2D eigenvalue weighted by Gasteiger charge is -2.13. The molecular weight excluding hydrogens is 251 g/mol. The van der Waals surface area contributed by atoms with Gasteiger partial charge in [-0.2, -0.15) is 0 Å². The summed E-state index contributed by atoms with van der Waals surface area (Å²) in [5, 5.41) is 4.04. The quantitative estimate of drug-likeness (QED) is 0.910. The number of aromatic nitrogens is 1. The maximum absolute atomic E-state index is 12.7. The molecule has 1 atom stereocenters. The van der Waals surface area contributed by atoms with Gasteiger partial charge in [-0.15, -0.1) is 0 Å². The average molecular weight is 265 g/mol. The maximum Gasteiger partial charge on any atom is 0.141 e. The van der Waals surface area contributed by atoms with Crippen LogP contribution < -0.4 is 5.32 Å². The normalized spacial score (nSPS) is 12.4. The van der Waals surface area contributed by atoms with Crippen molar-refractivity contribution in [2.24, 2.45) is 0 Å². The van der Waals surface area contributed by atoms with Crippen LogP contribution in [0.15, 0.2) is 42.6 Å². The van der Waals surface area contributed by atoms with Crippen molar-refractivity contribution < 1.29 is 4.39 Å². The van der Waals surface area contributed by atoms with Gasteiger partial charge < -0.3 is 5.32 Å². The van der Waals surface area contributed by atoms with Crippen molar-refractivity contribution in [1.82, 2.24) is 10.3 Å². The minimum absolute atomic E-state index is 0.0598. The highest BCUT2D eigenvalue weighted by molar-refractivity contribution is 6.30. The molecule has 2 nitrogen and oxygen atoms in total. The summed E-state index contributed by atoms with van der Waals surface area (Å²) in [5.74, 6) is -0.319. The van der Waals surface area contributed by atoms with Crippen molar-refractivity contribution >= 4 is 11.6 Å². The van der Waals surface area contributed by atoms with Crippen LogP contribution in [-0.2, 0) is 6.54 Å². The van der Waals surface area contributed by atoms with E-state index in [0.717, 1.165) is 16.3 Å². The van der Waals surface area contributed by atoms with E-state index in [0.29, 0.717) is 6.54 Å². The first-order valence-electron chi connectivity index (χ1n) is 5.74. The molecule has 0 radical (unpaired) electrons. The van der Waals surface area contributed by atoms with Crippen molar-refractivity contribution in [3.8, 4) is 0 Å². The minimum atomic E-state index is -0.319. The van der Waals surface area contributed by atoms with Gasteiger partial charge in [-0.25, -0.2) is 4.39 Å². The van der Waals surface area contributed by atoms with Gasteiger partial charge in [0.15, 0.2) is 0 Å². The van der Waals surface area contributed by atoms with Crippen LogP contribution >= 0.6 is 11.6 Å². The van der Waals surface area contributed by atoms with Gasteiger partial charge in [-0.3, -0.25) is 4.98 Å². The highest BCUT2D eigenvalue weighted by atomic mass is 35.5. The second-order valence-corrected chi connectivity index (χ2v) is 4.57. The molecule has 0 bridgehead atoms. The van der Waals surface area contributed by atoms with Crippen molar-refractivity contribution in [3.05, 3.63) is 64.7 Å². The Kier molecular flexibility index (Phi) is 4.28. The number of hydrogen-bond acceptors (Lipinski definition) is 2. The lowest BCUT2D eigenvalue weighted by atomic mass is 10.2. The third-order valence-corrected chi connectivity index (χ3v) is 2.93. The fourth-order valence-corrected chi connectivity index (χ4v) is 1.88. The fourth-order valence-electron chi connectivity index (χ4n) is 1.67. The number of benzene rings is 1. The fraction of sp³-hybridized carbons (Fsp3) is 0.214. The van der Waals surface area contributed by atoms with E-state index in [1.807, 2.05) is 31.2 Å². The topological polar surface area (TPSA) is 24.9 Å². The largest absolute Gasteiger partial charge is 0.305 e. The summed E-state index contributed by atoms with van der Waals surface area (Å²) in [7, 11) is 0. The smallest absolute Gasteiger partial charge is 0.141 e. The molecule has 0 aliphatic heterocycles. The van der Waals surface area contributed by atoms with Crippen LogP contribution in [0.3, 0.4) is 0 Å². The standard InChI is InChI=1S/C14H14ClFN2/c1-10(14-6-5-13(16)9-18-14)17-8-11-3-2-4-12(15)7-11/h2-7,9-10,17H,8H2,1H3. The summed E-state index contributed by atoms with van der Waals surface area (Å²) >= 11 is 5.91. The van der Waals surface area contributed by atoms with Crippen molar-refractivity contribution in [1.29, 1.82) is 0 Å². The zero-order valence-corrected chi connectivity index (χ0v) is 10.8. The summed E-state index contributed by atoms with van der Waals surface area (Å²) in [6, 6.07) is 10.8. The summed E-state index contributed by atoms with van der Waals surface area (Å²) in [5.41, 5.74) is 1.93.